The molecule has 1 aromatic rings. The van der Waals surface area contributed by atoms with Crippen molar-refractivity contribution in [2.24, 2.45) is 16.8 Å². The Morgan fingerprint density at radius 2 is 2.33 bits per heavy atom. The molecule has 1 aromatic carbocycles. The first-order chi connectivity index (χ1) is 8.41. The molecular weight excluding hydrogens is 259 g/mol. The van der Waals surface area contributed by atoms with E-state index in [-0.39, 0.29) is 22.6 Å². The molecule has 96 valence electrons. The first kappa shape index (κ1) is 12.6. The molecule has 1 heterocycles. The summed E-state index contributed by atoms with van der Waals surface area (Å²) in [6.45, 7) is 2.32. The molecule has 0 aliphatic carbocycles. The number of hydrogen-bond donors (Lipinski definition) is 3. The lowest BCUT2D eigenvalue weighted by Crippen LogP contribution is -2.31. The number of nitrogens with zero attached hydrogens (tertiary/aromatic N) is 2. The van der Waals surface area contributed by atoms with Crippen LogP contribution in [0.3, 0.4) is 0 Å². The molecule has 18 heavy (non-hydrogen) atoms. The van der Waals surface area contributed by atoms with Crippen LogP contribution in [-0.2, 0) is 0 Å². The van der Waals surface area contributed by atoms with E-state index in [0.717, 1.165) is 0 Å². The molecule has 0 saturated heterocycles. The van der Waals surface area contributed by atoms with Gasteiger partial charge in [0.2, 0.25) is 5.96 Å². The fourth-order valence-corrected chi connectivity index (χ4v) is 2.00. The van der Waals surface area contributed by atoms with Crippen molar-refractivity contribution in [2.45, 2.75) is 6.92 Å². The summed E-state index contributed by atoms with van der Waals surface area (Å²) in [5.74, 6) is -1.24. The van der Waals surface area contributed by atoms with E-state index in [1.807, 2.05) is 6.92 Å². The Labute approximate surface area is 108 Å². The third kappa shape index (κ3) is 1.99. The highest BCUT2D eigenvalue weighted by molar-refractivity contribution is 6.33. The fourth-order valence-electron chi connectivity index (χ4n) is 1.83. The van der Waals surface area contributed by atoms with Gasteiger partial charge < -0.3 is 10.8 Å². The molecule has 1 aliphatic heterocycles. The topological polar surface area (TPSA) is 85.7 Å². The zero-order chi connectivity index (χ0) is 13.4. The molecule has 7 heteroatoms. The molecule has 5 nitrogen and oxygen atoms in total. The van der Waals surface area contributed by atoms with E-state index in [0.29, 0.717) is 17.8 Å². The Bertz CT molecular complexity index is 546. The summed E-state index contributed by atoms with van der Waals surface area (Å²) in [5.41, 5.74) is 6.24. The molecule has 1 atom stereocenters. The van der Waals surface area contributed by atoms with Crippen LogP contribution in [-0.4, -0.2) is 28.3 Å². The van der Waals surface area contributed by atoms with Gasteiger partial charge in [0, 0.05) is 11.5 Å². The normalized spacial score (nSPS) is 18.9. The van der Waals surface area contributed by atoms with E-state index in [1.165, 1.54) is 17.1 Å². The number of benzene rings is 1. The van der Waals surface area contributed by atoms with Gasteiger partial charge in [0.1, 0.15) is 16.6 Å². The Kier molecular flexibility index (Phi) is 3.13. The number of phenolic OH excluding ortho intramolecular Hbond substituents is 1. The van der Waals surface area contributed by atoms with Crippen molar-refractivity contribution in [2.75, 3.05) is 6.54 Å². The Morgan fingerprint density at radius 3 is 2.89 bits per heavy atom. The molecule has 0 unspecified atom stereocenters. The lowest BCUT2D eigenvalue weighted by Gasteiger charge is -2.10. The maximum absolute atomic E-state index is 13.2. The maximum Gasteiger partial charge on any atom is 0.209 e. The van der Waals surface area contributed by atoms with Gasteiger partial charge in [-0.3, -0.25) is 5.41 Å². The van der Waals surface area contributed by atoms with Crippen LogP contribution in [0.1, 0.15) is 12.5 Å². The Hall–Kier alpha value is -1.82. The highest BCUT2D eigenvalue weighted by atomic mass is 35.5. The molecule has 0 fully saturated rings. The molecular formula is C11H12ClFN4O. The Balaban J connectivity index is 2.47. The molecule has 1 aliphatic rings. The van der Waals surface area contributed by atoms with E-state index >= 15 is 0 Å². The van der Waals surface area contributed by atoms with Crippen LogP contribution >= 0.6 is 11.6 Å². The van der Waals surface area contributed by atoms with Gasteiger partial charge in [0.05, 0.1) is 12.3 Å². The molecule has 2 rings (SSSR count). The number of hydrazone groups is 1. The van der Waals surface area contributed by atoms with Gasteiger partial charge in [-0.25, -0.2) is 9.40 Å². The monoisotopic (exact) mass is 270 g/mol. The van der Waals surface area contributed by atoms with Crippen molar-refractivity contribution in [3.05, 3.63) is 28.5 Å². The lowest BCUT2D eigenvalue weighted by atomic mass is 9.98. The number of nitrogens with two attached hydrogens (primary N) is 1. The summed E-state index contributed by atoms with van der Waals surface area (Å²) in [7, 11) is 0. The molecule has 0 bridgehead atoms. The number of guanidine groups is 1. The van der Waals surface area contributed by atoms with Crippen molar-refractivity contribution in [3.63, 3.8) is 0 Å². The maximum atomic E-state index is 13.2. The number of rotatable bonds is 1. The third-order valence-electron chi connectivity index (χ3n) is 2.77. The van der Waals surface area contributed by atoms with Gasteiger partial charge in [-0.2, -0.15) is 5.10 Å². The average molecular weight is 271 g/mol. The van der Waals surface area contributed by atoms with Gasteiger partial charge in [0.25, 0.3) is 0 Å². The number of phenols is 1. The van der Waals surface area contributed by atoms with E-state index in [4.69, 9.17) is 22.7 Å². The van der Waals surface area contributed by atoms with Crippen molar-refractivity contribution in [3.8, 4) is 5.75 Å². The molecule has 0 spiro atoms. The first-order valence-electron chi connectivity index (χ1n) is 5.29. The highest BCUT2D eigenvalue weighted by Gasteiger charge is 2.28. The van der Waals surface area contributed by atoms with Crippen LogP contribution in [0.25, 0.3) is 0 Å². The van der Waals surface area contributed by atoms with Crippen LogP contribution in [0.2, 0.25) is 5.02 Å². The van der Waals surface area contributed by atoms with Gasteiger partial charge in [-0.15, -0.1) is 0 Å². The summed E-state index contributed by atoms with van der Waals surface area (Å²) in [6.07, 6.45) is 0. The molecule has 4 N–H and O–H groups in total. The second-order valence-electron chi connectivity index (χ2n) is 4.11. The van der Waals surface area contributed by atoms with Crippen molar-refractivity contribution >= 4 is 23.3 Å². The summed E-state index contributed by atoms with van der Waals surface area (Å²) >= 11 is 5.65. The van der Waals surface area contributed by atoms with E-state index in [2.05, 4.69) is 5.10 Å². The average Bonchev–Trinajstić information content (AvgIpc) is 2.69. The number of hydrogen-bond acceptors (Lipinski definition) is 3. The largest absolute Gasteiger partial charge is 0.506 e. The van der Waals surface area contributed by atoms with Gasteiger partial charge in [0.15, 0.2) is 0 Å². The van der Waals surface area contributed by atoms with Crippen LogP contribution < -0.4 is 5.73 Å². The van der Waals surface area contributed by atoms with Crippen LogP contribution in [0.4, 0.5) is 4.39 Å². The predicted octanol–water partition coefficient (Wildman–Crippen LogP) is 1.73. The number of aromatic hydroxyl groups is 1. The van der Waals surface area contributed by atoms with Crippen molar-refractivity contribution in [1.82, 2.24) is 5.01 Å². The molecule has 0 saturated carbocycles. The third-order valence-corrected chi connectivity index (χ3v) is 3.12. The van der Waals surface area contributed by atoms with Gasteiger partial charge in [-0.05, 0) is 12.1 Å². The van der Waals surface area contributed by atoms with Crippen LogP contribution in [0.15, 0.2) is 17.2 Å². The summed E-state index contributed by atoms with van der Waals surface area (Å²) in [6, 6.07) is 2.58. The van der Waals surface area contributed by atoms with Crippen LogP contribution in [0, 0.1) is 17.1 Å². The summed E-state index contributed by atoms with van der Waals surface area (Å²) in [4.78, 5) is 0. The number of nitrogens with one attached hydrogen (secondary N) is 1. The predicted molar refractivity (Wildman–Crippen MR) is 67.4 cm³/mol. The smallest absolute Gasteiger partial charge is 0.209 e. The standard InChI is InChI=1S/C11H12ClFN4O/c1-5-4-17(11(14)15)16-9(5)6-2-3-7(13)8(12)10(6)18/h2-3,5,18H,4H2,1H3,(H3,14,15)/t5-/m0/s1. The summed E-state index contributed by atoms with van der Waals surface area (Å²) < 4.78 is 13.2. The zero-order valence-corrected chi connectivity index (χ0v) is 10.4. The summed E-state index contributed by atoms with van der Waals surface area (Å²) in [5, 5.41) is 22.3. The second kappa shape index (κ2) is 4.45. The van der Waals surface area contributed by atoms with Crippen molar-refractivity contribution < 1.29 is 9.50 Å². The number of halogens is 2. The zero-order valence-electron chi connectivity index (χ0n) is 9.61. The fraction of sp³-hybridized carbons (Fsp3) is 0.273. The van der Waals surface area contributed by atoms with Crippen molar-refractivity contribution in [1.29, 1.82) is 5.41 Å². The SMILES string of the molecule is C[C@H]1CN(C(=N)N)N=C1c1ccc(F)c(Cl)c1O. The van der Waals surface area contributed by atoms with E-state index in [1.54, 1.807) is 0 Å². The van der Waals surface area contributed by atoms with Gasteiger partial charge >= 0.3 is 0 Å². The van der Waals surface area contributed by atoms with E-state index in [9.17, 15) is 9.50 Å². The quantitative estimate of drug-likeness (QED) is 0.537. The minimum absolute atomic E-state index is 0.0404. The Morgan fingerprint density at radius 1 is 1.67 bits per heavy atom. The lowest BCUT2D eigenvalue weighted by molar-refractivity contribution is 0.448. The minimum Gasteiger partial charge on any atom is -0.506 e. The molecule has 0 aromatic heterocycles. The first-order valence-corrected chi connectivity index (χ1v) is 5.67. The van der Waals surface area contributed by atoms with E-state index < -0.39 is 5.82 Å². The van der Waals surface area contributed by atoms with Gasteiger partial charge in [-0.1, -0.05) is 18.5 Å². The second-order valence-corrected chi connectivity index (χ2v) is 4.49. The highest BCUT2D eigenvalue weighted by Crippen LogP contribution is 2.33. The molecule has 0 radical (unpaired) electrons. The van der Waals surface area contributed by atoms with Crippen LogP contribution in [0.5, 0.6) is 5.75 Å². The minimum atomic E-state index is -0.687. The molecule has 0 amide bonds.